The minimum absolute atomic E-state index is 0.00208. The smallest absolute Gasteiger partial charge is 0.258 e. The van der Waals surface area contributed by atoms with Crippen LogP contribution in [0.1, 0.15) is 52.5 Å². The van der Waals surface area contributed by atoms with Crippen molar-refractivity contribution >= 4 is 5.91 Å². The molecular formula is C23H26N4O2. The summed E-state index contributed by atoms with van der Waals surface area (Å²) >= 11 is 0. The highest BCUT2D eigenvalue weighted by Crippen LogP contribution is 2.38. The predicted molar refractivity (Wildman–Crippen MR) is 112 cm³/mol. The average Bonchev–Trinajstić information content (AvgIpc) is 3.23. The Morgan fingerprint density at radius 1 is 1.14 bits per heavy atom. The SMILES string of the molecule is COc1c(C)cccc1C(=O)N1CCCCC1c1[nH]ncc1-c1ccncc1C. The summed E-state index contributed by atoms with van der Waals surface area (Å²) in [7, 11) is 1.62. The Morgan fingerprint density at radius 3 is 2.79 bits per heavy atom. The molecule has 29 heavy (non-hydrogen) atoms. The number of ether oxygens (including phenoxy) is 1. The van der Waals surface area contributed by atoms with Crippen molar-refractivity contribution in [1.29, 1.82) is 0 Å². The lowest BCUT2D eigenvalue weighted by Gasteiger charge is -2.36. The number of aryl methyl sites for hydroxylation is 2. The molecule has 0 radical (unpaired) electrons. The molecule has 3 aromatic rings. The van der Waals surface area contributed by atoms with Crippen molar-refractivity contribution in [2.24, 2.45) is 0 Å². The van der Waals surface area contributed by atoms with Gasteiger partial charge >= 0.3 is 0 Å². The number of aromatic nitrogens is 3. The van der Waals surface area contributed by atoms with Crippen LogP contribution in [0.15, 0.2) is 42.9 Å². The van der Waals surface area contributed by atoms with Gasteiger partial charge in [-0.25, -0.2) is 0 Å². The molecule has 1 aromatic carbocycles. The first kappa shape index (κ1) is 19.2. The lowest BCUT2D eigenvalue weighted by molar-refractivity contribution is 0.0603. The molecule has 1 unspecified atom stereocenters. The van der Waals surface area contributed by atoms with Gasteiger partial charge < -0.3 is 9.64 Å². The molecule has 0 bridgehead atoms. The number of amides is 1. The van der Waals surface area contributed by atoms with Gasteiger partial charge in [-0.1, -0.05) is 12.1 Å². The van der Waals surface area contributed by atoms with Crippen LogP contribution >= 0.6 is 0 Å². The van der Waals surface area contributed by atoms with E-state index in [1.165, 1.54) is 0 Å². The van der Waals surface area contributed by atoms with Gasteiger partial charge in [0, 0.05) is 24.5 Å². The van der Waals surface area contributed by atoms with Gasteiger partial charge in [0.15, 0.2) is 0 Å². The van der Waals surface area contributed by atoms with Crippen LogP contribution in [0.5, 0.6) is 5.75 Å². The van der Waals surface area contributed by atoms with Crippen molar-refractivity contribution in [3.63, 3.8) is 0 Å². The number of hydrogen-bond acceptors (Lipinski definition) is 4. The van der Waals surface area contributed by atoms with Crippen LogP contribution in [0.3, 0.4) is 0 Å². The number of piperidine rings is 1. The molecule has 6 nitrogen and oxygen atoms in total. The van der Waals surface area contributed by atoms with Crippen molar-refractivity contribution in [3.05, 3.63) is 65.2 Å². The summed E-state index contributed by atoms with van der Waals surface area (Å²) in [6.45, 7) is 4.72. The Morgan fingerprint density at radius 2 is 2.00 bits per heavy atom. The summed E-state index contributed by atoms with van der Waals surface area (Å²) in [6.07, 6.45) is 8.47. The maximum Gasteiger partial charge on any atom is 0.258 e. The molecule has 4 rings (SSSR count). The minimum Gasteiger partial charge on any atom is -0.496 e. The van der Waals surface area contributed by atoms with Gasteiger partial charge in [0.1, 0.15) is 5.75 Å². The second kappa shape index (κ2) is 8.07. The third-order valence-electron chi connectivity index (χ3n) is 5.72. The zero-order valence-electron chi connectivity index (χ0n) is 17.1. The fourth-order valence-corrected chi connectivity index (χ4v) is 4.26. The lowest BCUT2D eigenvalue weighted by atomic mass is 9.93. The van der Waals surface area contributed by atoms with Crippen molar-refractivity contribution < 1.29 is 9.53 Å². The van der Waals surface area contributed by atoms with E-state index in [-0.39, 0.29) is 11.9 Å². The van der Waals surface area contributed by atoms with Gasteiger partial charge in [-0.15, -0.1) is 0 Å². The Hall–Kier alpha value is -3.15. The molecule has 1 aliphatic rings. The van der Waals surface area contributed by atoms with Crippen molar-refractivity contribution in [2.45, 2.75) is 39.2 Å². The maximum atomic E-state index is 13.6. The zero-order valence-corrected chi connectivity index (χ0v) is 17.1. The summed E-state index contributed by atoms with van der Waals surface area (Å²) in [5.41, 5.74) is 5.77. The highest BCUT2D eigenvalue weighted by atomic mass is 16.5. The summed E-state index contributed by atoms with van der Waals surface area (Å²) in [5, 5.41) is 7.50. The summed E-state index contributed by atoms with van der Waals surface area (Å²) < 4.78 is 5.55. The number of para-hydroxylation sites is 1. The second-order valence-electron chi connectivity index (χ2n) is 7.55. The van der Waals surface area contributed by atoms with E-state index in [9.17, 15) is 4.79 Å². The van der Waals surface area contributed by atoms with E-state index in [0.29, 0.717) is 17.9 Å². The van der Waals surface area contributed by atoms with E-state index in [2.05, 4.69) is 15.2 Å². The van der Waals surface area contributed by atoms with E-state index < -0.39 is 0 Å². The molecule has 2 aromatic heterocycles. The average molecular weight is 390 g/mol. The second-order valence-corrected chi connectivity index (χ2v) is 7.55. The van der Waals surface area contributed by atoms with Crippen LogP contribution in [-0.2, 0) is 0 Å². The van der Waals surface area contributed by atoms with E-state index in [1.807, 2.05) is 55.4 Å². The quantitative estimate of drug-likeness (QED) is 0.714. The highest BCUT2D eigenvalue weighted by Gasteiger charge is 2.33. The molecule has 1 saturated heterocycles. The maximum absolute atomic E-state index is 13.6. The summed E-state index contributed by atoms with van der Waals surface area (Å²) in [6, 6.07) is 7.67. The third kappa shape index (κ3) is 3.50. The van der Waals surface area contributed by atoms with Crippen LogP contribution in [0.25, 0.3) is 11.1 Å². The molecule has 0 saturated carbocycles. The zero-order chi connectivity index (χ0) is 20.4. The number of benzene rings is 1. The first-order valence-electron chi connectivity index (χ1n) is 10.0. The number of pyridine rings is 1. The molecule has 1 atom stereocenters. The number of likely N-dealkylation sites (tertiary alicyclic amines) is 1. The molecular weight excluding hydrogens is 364 g/mol. The van der Waals surface area contributed by atoms with E-state index in [1.54, 1.807) is 13.3 Å². The topological polar surface area (TPSA) is 71.1 Å². The normalized spacial score (nSPS) is 16.7. The number of carbonyl (C=O) groups excluding carboxylic acids is 1. The summed E-state index contributed by atoms with van der Waals surface area (Å²) in [5.74, 6) is 0.652. The molecule has 0 spiro atoms. The third-order valence-corrected chi connectivity index (χ3v) is 5.72. The van der Waals surface area contributed by atoms with Crippen LogP contribution in [0.4, 0.5) is 0 Å². The highest BCUT2D eigenvalue weighted by molar-refractivity contribution is 5.97. The lowest BCUT2D eigenvalue weighted by Crippen LogP contribution is -2.39. The van der Waals surface area contributed by atoms with E-state index in [4.69, 9.17) is 4.74 Å². The molecule has 3 heterocycles. The number of rotatable bonds is 4. The van der Waals surface area contributed by atoms with Crippen LogP contribution in [-0.4, -0.2) is 39.6 Å². The largest absolute Gasteiger partial charge is 0.496 e. The first-order valence-corrected chi connectivity index (χ1v) is 10.0. The van der Waals surface area contributed by atoms with Gasteiger partial charge in [-0.05, 0) is 61.9 Å². The van der Waals surface area contributed by atoms with Crippen molar-refractivity contribution in [3.8, 4) is 16.9 Å². The van der Waals surface area contributed by atoms with Crippen molar-refractivity contribution in [1.82, 2.24) is 20.1 Å². The number of carbonyl (C=O) groups is 1. The first-order chi connectivity index (χ1) is 14.1. The standard InChI is InChI=1S/C23H26N4O2/c1-15-7-6-8-18(22(15)29-3)23(28)27-12-5-4-9-20(27)21-19(14-25-26-21)17-10-11-24-13-16(17)2/h6-8,10-11,13-14,20H,4-5,9,12H2,1-3H3,(H,25,26). The van der Waals surface area contributed by atoms with Gasteiger partial charge in [-0.3, -0.25) is 14.9 Å². The number of hydrogen-bond donors (Lipinski definition) is 1. The minimum atomic E-state index is -0.0495. The number of aromatic amines is 1. The number of H-pyrrole nitrogens is 1. The Balaban J connectivity index is 1.74. The predicted octanol–water partition coefficient (Wildman–Crippen LogP) is 4.46. The van der Waals surface area contributed by atoms with Gasteiger partial charge in [-0.2, -0.15) is 5.10 Å². The Labute approximate surface area is 170 Å². The molecule has 6 heteroatoms. The fraction of sp³-hybridized carbons (Fsp3) is 0.348. The molecule has 150 valence electrons. The summed E-state index contributed by atoms with van der Waals surface area (Å²) in [4.78, 5) is 19.7. The van der Waals surface area contributed by atoms with Crippen LogP contribution in [0, 0.1) is 13.8 Å². The van der Waals surface area contributed by atoms with Crippen LogP contribution < -0.4 is 4.74 Å². The van der Waals surface area contributed by atoms with E-state index >= 15 is 0 Å². The number of nitrogens with zero attached hydrogens (tertiary/aromatic N) is 3. The van der Waals surface area contributed by atoms with Gasteiger partial charge in [0.25, 0.3) is 5.91 Å². The van der Waals surface area contributed by atoms with Crippen molar-refractivity contribution in [2.75, 3.05) is 13.7 Å². The number of nitrogens with one attached hydrogen (secondary N) is 1. The molecule has 1 aliphatic heterocycles. The van der Waals surface area contributed by atoms with Gasteiger partial charge in [0.2, 0.25) is 0 Å². The number of methoxy groups -OCH3 is 1. The molecule has 1 N–H and O–H groups in total. The van der Waals surface area contributed by atoms with Crippen LogP contribution in [0.2, 0.25) is 0 Å². The molecule has 1 amide bonds. The monoisotopic (exact) mass is 390 g/mol. The Kier molecular flexibility index (Phi) is 5.34. The van der Waals surface area contributed by atoms with E-state index in [0.717, 1.165) is 47.2 Å². The molecule has 1 fully saturated rings. The Bertz CT molecular complexity index is 1030. The van der Waals surface area contributed by atoms with Gasteiger partial charge in [0.05, 0.1) is 30.6 Å². The fourth-order valence-electron chi connectivity index (χ4n) is 4.26. The molecule has 0 aliphatic carbocycles.